The molecule has 6 heteroatoms. The van der Waals surface area contributed by atoms with Crippen LogP contribution < -0.4 is 5.32 Å². The van der Waals surface area contributed by atoms with E-state index in [1.807, 2.05) is 30.3 Å². The minimum atomic E-state index is -0.166. The van der Waals surface area contributed by atoms with Crippen molar-refractivity contribution in [3.63, 3.8) is 0 Å². The smallest absolute Gasteiger partial charge is 0.252 e. The van der Waals surface area contributed by atoms with E-state index in [2.05, 4.69) is 10.3 Å². The summed E-state index contributed by atoms with van der Waals surface area (Å²) in [5.74, 6) is 0.462. The van der Waals surface area contributed by atoms with Gasteiger partial charge in [-0.2, -0.15) is 0 Å². The molecule has 2 aromatic heterocycles. The van der Waals surface area contributed by atoms with E-state index >= 15 is 0 Å². The molecule has 0 radical (unpaired) electrons. The Labute approximate surface area is 144 Å². The second-order valence-electron chi connectivity index (χ2n) is 5.83. The molecule has 1 N–H and O–H groups in total. The fraction of sp³-hybridized carbons (Fsp3) is 0.263. The Morgan fingerprint density at radius 2 is 2.12 bits per heavy atom. The zero-order valence-electron chi connectivity index (χ0n) is 13.6. The molecule has 4 rings (SSSR count). The number of hydrogen-bond donors (Lipinski definition) is 1. The van der Waals surface area contributed by atoms with Crippen molar-refractivity contribution in [3.05, 3.63) is 54.3 Å². The summed E-state index contributed by atoms with van der Waals surface area (Å²) in [6.07, 6.45) is 1.47. The van der Waals surface area contributed by atoms with Gasteiger partial charge in [-0.05, 0) is 24.3 Å². The van der Waals surface area contributed by atoms with E-state index in [-0.39, 0.29) is 12.0 Å². The van der Waals surface area contributed by atoms with E-state index in [4.69, 9.17) is 13.9 Å². The summed E-state index contributed by atoms with van der Waals surface area (Å²) in [6.45, 7) is 2.06. The Morgan fingerprint density at radius 1 is 1.20 bits per heavy atom. The summed E-state index contributed by atoms with van der Waals surface area (Å²) < 4.78 is 16.4. The molecule has 1 aromatic carbocycles. The number of carbonyl (C=O) groups excluding carboxylic acids is 1. The van der Waals surface area contributed by atoms with Crippen LogP contribution in [0.15, 0.2) is 53.1 Å². The predicted molar refractivity (Wildman–Crippen MR) is 92.3 cm³/mol. The molecular weight excluding hydrogens is 320 g/mol. The van der Waals surface area contributed by atoms with Crippen LogP contribution in [0.3, 0.4) is 0 Å². The summed E-state index contributed by atoms with van der Waals surface area (Å²) in [5.41, 5.74) is 1.94. The van der Waals surface area contributed by atoms with Gasteiger partial charge in [0.2, 0.25) is 0 Å². The maximum Gasteiger partial charge on any atom is 0.252 e. The third-order valence-corrected chi connectivity index (χ3v) is 4.11. The van der Waals surface area contributed by atoms with Gasteiger partial charge in [-0.15, -0.1) is 0 Å². The predicted octanol–water partition coefficient (Wildman–Crippen LogP) is 2.64. The van der Waals surface area contributed by atoms with Crippen molar-refractivity contribution < 1.29 is 18.7 Å². The first-order valence-electron chi connectivity index (χ1n) is 8.22. The molecule has 1 aliphatic rings. The SMILES string of the molecule is O=C(NCC1COCCO1)c1cc(-c2ccco2)nc2ccccc12. The highest BCUT2D eigenvalue weighted by atomic mass is 16.6. The highest BCUT2D eigenvalue weighted by Gasteiger charge is 2.18. The quantitative estimate of drug-likeness (QED) is 0.792. The second kappa shape index (κ2) is 7.04. The molecule has 128 valence electrons. The highest BCUT2D eigenvalue weighted by Crippen LogP contribution is 2.25. The van der Waals surface area contributed by atoms with Crippen LogP contribution in [0.4, 0.5) is 0 Å². The number of rotatable bonds is 4. The molecule has 1 amide bonds. The van der Waals surface area contributed by atoms with Crippen molar-refractivity contribution in [1.82, 2.24) is 10.3 Å². The molecule has 1 fully saturated rings. The van der Waals surface area contributed by atoms with Crippen molar-refractivity contribution in [2.75, 3.05) is 26.4 Å². The van der Waals surface area contributed by atoms with Gasteiger partial charge < -0.3 is 19.2 Å². The first kappa shape index (κ1) is 15.8. The largest absolute Gasteiger partial charge is 0.463 e. The Morgan fingerprint density at radius 3 is 2.92 bits per heavy atom. The summed E-state index contributed by atoms with van der Waals surface area (Å²) in [5, 5.41) is 3.73. The van der Waals surface area contributed by atoms with Crippen molar-refractivity contribution >= 4 is 16.8 Å². The van der Waals surface area contributed by atoms with Crippen molar-refractivity contribution in [1.29, 1.82) is 0 Å². The fourth-order valence-electron chi connectivity index (χ4n) is 2.87. The van der Waals surface area contributed by atoms with Gasteiger partial charge >= 0.3 is 0 Å². The monoisotopic (exact) mass is 338 g/mol. The minimum Gasteiger partial charge on any atom is -0.463 e. The first-order chi connectivity index (χ1) is 12.3. The number of fused-ring (bicyclic) bond motifs is 1. The number of amides is 1. The Bertz CT molecular complexity index is 870. The van der Waals surface area contributed by atoms with Crippen molar-refractivity contribution in [3.8, 4) is 11.5 Å². The number of pyridine rings is 1. The molecule has 3 aromatic rings. The van der Waals surface area contributed by atoms with Crippen LogP contribution in [0.5, 0.6) is 0 Å². The minimum absolute atomic E-state index is 0.115. The maximum atomic E-state index is 12.8. The van der Waals surface area contributed by atoms with Gasteiger partial charge in [-0.3, -0.25) is 4.79 Å². The van der Waals surface area contributed by atoms with Crippen LogP contribution in [0, 0.1) is 0 Å². The Balaban J connectivity index is 1.63. The van der Waals surface area contributed by atoms with Crippen molar-refractivity contribution in [2.24, 2.45) is 0 Å². The zero-order valence-corrected chi connectivity index (χ0v) is 13.6. The fourth-order valence-corrected chi connectivity index (χ4v) is 2.87. The number of ether oxygens (including phenoxy) is 2. The summed E-state index contributed by atoms with van der Waals surface area (Å²) >= 11 is 0. The van der Waals surface area contributed by atoms with Gasteiger partial charge in [0.1, 0.15) is 5.69 Å². The van der Waals surface area contributed by atoms with Crippen LogP contribution in [-0.2, 0) is 9.47 Å². The molecule has 0 saturated carbocycles. The van der Waals surface area contributed by atoms with Crippen LogP contribution in [-0.4, -0.2) is 43.4 Å². The first-order valence-corrected chi connectivity index (χ1v) is 8.22. The molecule has 1 saturated heterocycles. The molecule has 0 spiro atoms. The van der Waals surface area contributed by atoms with Crippen LogP contribution >= 0.6 is 0 Å². The summed E-state index contributed by atoms with van der Waals surface area (Å²) in [7, 11) is 0. The molecule has 1 atom stereocenters. The highest BCUT2D eigenvalue weighted by molar-refractivity contribution is 6.07. The van der Waals surface area contributed by atoms with E-state index in [0.717, 1.165) is 10.9 Å². The number of nitrogens with one attached hydrogen (secondary N) is 1. The third-order valence-electron chi connectivity index (χ3n) is 4.11. The topological polar surface area (TPSA) is 73.6 Å². The standard InChI is InChI=1S/C19H18N2O4/c22-19(20-11-13-12-23-8-9-24-13)15-10-17(18-6-3-7-25-18)21-16-5-2-1-4-14(15)16/h1-7,10,13H,8-9,11-12H2,(H,20,22). The Hall–Kier alpha value is -2.70. The lowest BCUT2D eigenvalue weighted by Gasteiger charge is -2.23. The molecule has 3 heterocycles. The number of furan rings is 1. The van der Waals surface area contributed by atoms with Gasteiger partial charge in [-0.1, -0.05) is 18.2 Å². The van der Waals surface area contributed by atoms with Gasteiger partial charge in [-0.25, -0.2) is 4.98 Å². The Kier molecular flexibility index (Phi) is 4.45. The maximum absolute atomic E-state index is 12.8. The summed E-state index contributed by atoms with van der Waals surface area (Å²) in [6, 6.07) is 13.0. The van der Waals surface area contributed by atoms with Crippen LogP contribution in [0.2, 0.25) is 0 Å². The van der Waals surface area contributed by atoms with Gasteiger partial charge in [0.25, 0.3) is 5.91 Å². The number of hydrogen-bond acceptors (Lipinski definition) is 5. The third kappa shape index (κ3) is 3.40. The van der Waals surface area contributed by atoms with E-state index in [9.17, 15) is 4.79 Å². The molecule has 1 aliphatic heterocycles. The normalized spacial score (nSPS) is 17.5. The molecule has 1 unspecified atom stereocenters. The van der Waals surface area contributed by atoms with E-state index in [1.165, 1.54) is 0 Å². The van der Waals surface area contributed by atoms with Gasteiger partial charge in [0.05, 0.1) is 43.3 Å². The number of aromatic nitrogens is 1. The zero-order chi connectivity index (χ0) is 17.1. The molecule has 0 bridgehead atoms. The average Bonchev–Trinajstić information content (AvgIpc) is 3.21. The lowest BCUT2D eigenvalue weighted by molar-refractivity contribution is -0.0855. The average molecular weight is 338 g/mol. The van der Waals surface area contributed by atoms with Crippen LogP contribution in [0.1, 0.15) is 10.4 Å². The number of carbonyl (C=O) groups is 1. The van der Waals surface area contributed by atoms with Crippen LogP contribution in [0.25, 0.3) is 22.4 Å². The second-order valence-corrected chi connectivity index (χ2v) is 5.83. The van der Waals surface area contributed by atoms with E-state index < -0.39 is 0 Å². The lowest BCUT2D eigenvalue weighted by Crippen LogP contribution is -2.39. The number of benzene rings is 1. The van der Waals surface area contributed by atoms with E-state index in [1.54, 1.807) is 18.4 Å². The molecule has 0 aliphatic carbocycles. The molecular formula is C19H18N2O4. The lowest BCUT2D eigenvalue weighted by atomic mass is 10.1. The van der Waals surface area contributed by atoms with Gasteiger partial charge in [0, 0.05) is 11.9 Å². The van der Waals surface area contributed by atoms with Crippen molar-refractivity contribution in [2.45, 2.75) is 6.10 Å². The van der Waals surface area contributed by atoms with Gasteiger partial charge in [0.15, 0.2) is 5.76 Å². The summed E-state index contributed by atoms with van der Waals surface area (Å²) in [4.78, 5) is 17.3. The number of para-hydroxylation sites is 1. The number of nitrogens with zero attached hydrogens (tertiary/aromatic N) is 1. The molecule has 25 heavy (non-hydrogen) atoms. The molecule has 6 nitrogen and oxygen atoms in total. The van der Waals surface area contributed by atoms with E-state index in [0.29, 0.717) is 43.4 Å².